The average molecular weight is 444 g/mol. The third-order valence-electron chi connectivity index (χ3n) is 4.99. The van der Waals surface area contributed by atoms with Crippen molar-refractivity contribution in [1.29, 1.82) is 0 Å². The van der Waals surface area contributed by atoms with E-state index in [1.165, 1.54) is 7.11 Å². The Hall–Kier alpha value is -4.23. The third-order valence-corrected chi connectivity index (χ3v) is 4.99. The van der Waals surface area contributed by atoms with Crippen LogP contribution < -0.4 is 15.0 Å². The van der Waals surface area contributed by atoms with Crippen molar-refractivity contribution in [1.82, 2.24) is 10.0 Å². The van der Waals surface area contributed by atoms with Crippen molar-refractivity contribution in [3.8, 4) is 17.2 Å². The molecular formula is C26H24N2O5. The van der Waals surface area contributed by atoms with Gasteiger partial charge in [-0.05, 0) is 43.3 Å². The van der Waals surface area contributed by atoms with Crippen molar-refractivity contribution in [2.75, 3.05) is 13.7 Å². The van der Waals surface area contributed by atoms with Crippen molar-refractivity contribution >= 4 is 28.8 Å². The number of aromatic carboxylic acids is 1. The van der Waals surface area contributed by atoms with Crippen LogP contribution >= 0.6 is 0 Å². The highest BCUT2D eigenvalue weighted by molar-refractivity contribution is 6.07. The number of hydroxylamine groups is 1. The summed E-state index contributed by atoms with van der Waals surface area (Å²) in [5.41, 5.74) is 5.24. The summed E-state index contributed by atoms with van der Waals surface area (Å²) in [7, 11) is 1.52. The molecule has 2 N–H and O–H groups in total. The van der Waals surface area contributed by atoms with Gasteiger partial charge in [0.15, 0.2) is 0 Å². The highest BCUT2D eigenvalue weighted by Gasteiger charge is 2.18. The first kappa shape index (κ1) is 22.0. The molecule has 0 saturated heterocycles. The molecule has 33 heavy (non-hydrogen) atoms. The zero-order chi connectivity index (χ0) is 23.2. The number of ether oxygens (including phenoxy) is 2. The number of benzene rings is 3. The molecule has 0 atom stereocenters. The van der Waals surface area contributed by atoms with Crippen molar-refractivity contribution in [2.45, 2.75) is 6.92 Å². The van der Waals surface area contributed by atoms with E-state index in [2.05, 4.69) is 5.48 Å². The van der Waals surface area contributed by atoms with E-state index in [0.29, 0.717) is 34.7 Å². The van der Waals surface area contributed by atoms with Crippen LogP contribution in [0.25, 0.3) is 22.8 Å². The van der Waals surface area contributed by atoms with E-state index in [0.717, 1.165) is 11.3 Å². The molecule has 7 heteroatoms. The third kappa shape index (κ3) is 4.83. The van der Waals surface area contributed by atoms with Gasteiger partial charge < -0.3 is 19.1 Å². The largest absolute Gasteiger partial charge is 0.496 e. The van der Waals surface area contributed by atoms with E-state index in [-0.39, 0.29) is 5.56 Å². The van der Waals surface area contributed by atoms with Gasteiger partial charge in [0.1, 0.15) is 17.2 Å². The Morgan fingerprint density at radius 3 is 2.52 bits per heavy atom. The lowest BCUT2D eigenvalue weighted by atomic mass is 10.1. The molecule has 4 rings (SSSR count). The van der Waals surface area contributed by atoms with E-state index in [1.807, 2.05) is 73.7 Å². The predicted octanol–water partition coefficient (Wildman–Crippen LogP) is 5.64. The van der Waals surface area contributed by atoms with Gasteiger partial charge in [-0.1, -0.05) is 36.4 Å². The van der Waals surface area contributed by atoms with Crippen LogP contribution in [0.5, 0.6) is 17.2 Å². The molecule has 0 aliphatic carbocycles. The van der Waals surface area contributed by atoms with E-state index in [9.17, 15) is 9.90 Å². The highest BCUT2D eigenvalue weighted by atomic mass is 16.6. The number of hydrogen-bond donors (Lipinski definition) is 2. The number of rotatable bonds is 9. The maximum Gasteiger partial charge on any atom is 0.338 e. The summed E-state index contributed by atoms with van der Waals surface area (Å²) in [5, 5.41) is 10.3. The summed E-state index contributed by atoms with van der Waals surface area (Å²) in [5.74, 6) is 0.851. The van der Waals surface area contributed by atoms with Crippen LogP contribution in [0.1, 0.15) is 22.8 Å². The average Bonchev–Trinajstić information content (AvgIpc) is 3.21. The van der Waals surface area contributed by atoms with Gasteiger partial charge in [-0.2, -0.15) is 0 Å². The Labute approximate surface area is 191 Å². The lowest BCUT2D eigenvalue weighted by Crippen LogP contribution is -2.13. The monoisotopic (exact) mass is 444 g/mol. The van der Waals surface area contributed by atoms with Crippen LogP contribution in [0, 0.1) is 0 Å². The van der Waals surface area contributed by atoms with Gasteiger partial charge in [-0.25, -0.2) is 4.79 Å². The van der Waals surface area contributed by atoms with Crippen molar-refractivity contribution < 1.29 is 24.2 Å². The van der Waals surface area contributed by atoms with E-state index >= 15 is 0 Å². The Morgan fingerprint density at radius 2 is 1.79 bits per heavy atom. The molecule has 0 radical (unpaired) electrons. The molecule has 1 aromatic heterocycles. The minimum atomic E-state index is -1.03. The van der Waals surface area contributed by atoms with Gasteiger partial charge in [0.05, 0.1) is 35.9 Å². The van der Waals surface area contributed by atoms with Crippen LogP contribution in [0.3, 0.4) is 0 Å². The molecule has 0 bridgehead atoms. The summed E-state index contributed by atoms with van der Waals surface area (Å²) in [4.78, 5) is 17.4. The van der Waals surface area contributed by atoms with Crippen molar-refractivity contribution in [3.05, 3.63) is 90.1 Å². The molecule has 0 spiro atoms. The summed E-state index contributed by atoms with van der Waals surface area (Å²) < 4.78 is 13.1. The molecular weight excluding hydrogens is 420 g/mol. The number of nitrogens with one attached hydrogen (secondary N) is 1. The molecule has 4 aromatic rings. The molecule has 0 saturated carbocycles. The molecule has 0 aliphatic rings. The minimum Gasteiger partial charge on any atom is -0.496 e. The number of carbonyl (C=O) groups is 1. The molecule has 0 unspecified atom stereocenters. The number of hydrogen-bond acceptors (Lipinski definition) is 5. The maximum atomic E-state index is 11.9. The standard InChI is InChI=1S/C26H24N2O5/c1-3-32-27-22(18-9-7-12-20(15-18)33-19-10-5-4-6-11-19)17-28-16-21(26(29)30)25-23(28)13-8-14-24(25)31-2/h4-17,27H,3H2,1-2H3,(H,29,30). The van der Waals surface area contributed by atoms with Gasteiger partial charge in [0.25, 0.3) is 0 Å². The minimum absolute atomic E-state index is 0.149. The van der Waals surface area contributed by atoms with Crippen LogP contribution in [-0.4, -0.2) is 29.4 Å². The van der Waals surface area contributed by atoms with Crippen LogP contribution in [0.4, 0.5) is 0 Å². The highest BCUT2D eigenvalue weighted by Crippen LogP contribution is 2.32. The van der Waals surface area contributed by atoms with Crippen LogP contribution in [0.15, 0.2) is 79.0 Å². The zero-order valence-electron chi connectivity index (χ0n) is 18.3. The number of para-hydroxylation sites is 1. The fourth-order valence-corrected chi connectivity index (χ4v) is 3.52. The number of aromatic nitrogens is 1. The Bertz CT molecular complexity index is 1290. The first-order valence-corrected chi connectivity index (χ1v) is 10.4. The molecule has 0 fully saturated rings. The van der Waals surface area contributed by atoms with Crippen LogP contribution in [-0.2, 0) is 4.84 Å². The fourth-order valence-electron chi connectivity index (χ4n) is 3.52. The smallest absolute Gasteiger partial charge is 0.338 e. The van der Waals surface area contributed by atoms with E-state index < -0.39 is 5.97 Å². The summed E-state index contributed by atoms with van der Waals surface area (Å²) in [6.07, 6.45) is 3.35. The van der Waals surface area contributed by atoms with E-state index in [1.54, 1.807) is 23.0 Å². The van der Waals surface area contributed by atoms with Gasteiger partial charge >= 0.3 is 5.97 Å². The lowest BCUT2D eigenvalue weighted by molar-refractivity contribution is 0.0698. The first-order valence-electron chi connectivity index (χ1n) is 10.4. The normalized spacial score (nSPS) is 11.4. The topological polar surface area (TPSA) is 82.0 Å². The maximum absolute atomic E-state index is 11.9. The lowest BCUT2D eigenvalue weighted by Gasteiger charge is -2.13. The van der Waals surface area contributed by atoms with Gasteiger partial charge in [-0.15, -0.1) is 0 Å². The second-order valence-electron chi connectivity index (χ2n) is 7.13. The van der Waals surface area contributed by atoms with E-state index in [4.69, 9.17) is 14.3 Å². The molecule has 168 valence electrons. The summed E-state index contributed by atoms with van der Waals surface area (Å²) in [6, 6.07) is 22.5. The number of methoxy groups -OCH3 is 1. The number of fused-ring (bicyclic) bond motifs is 1. The SMILES string of the molecule is CCONC(=Cn1cc(C(=O)O)c2c(OC)cccc21)c1cccc(Oc2ccccc2)c1. The Balaban J connectivity index is 1.79. The van der Waals surface area contributed by atoms with Gasteiger partial charge in [0, 0.05) is 18.0 Å². The fraction of sp³-hybridized carbons (Fsp3) is 0.115. The summed E-state index contributed by atoms with van der Waals surface area (Å²) >= 11 is 0. The van der Waals surface area contributed by atoms with Crippen molar-refractivity contribution in [3.63, 3.8) is 0 Å². The van der Waals surface area contributed by atoms with Crippen LogP contribution in [0.2, 0.25) is 0 Å². The Kier molecular flexibility index (Phi) is 6.61. The Morgan fingerprint density at radius 1 is 1.03 bits per heavy atom. The first-order chi connectivity index (χ1) is 16.1. The predicted molar refractivity (Wildman–Crippen MR) is 127 cm³/mol. The molecule has 0 aliphatic heterocycles. The van der Waals surface area contributed by atoms with Crippen molar-refractivity contribution in [2.24, 2.45) is 0 Å². The molecule has 3 aromatic carbocycles. The quantitative estimate of drug-likeness (QED) is 0.325. The number of carboxylic acid groups (broad SMARTS) is 1. The number of carboxylic acids is 1. The second kappa shape index (κ2) is 9.93. The molecule has 0 amide bonds. The van der Waals surface area contributed by atoms with Gasteiger partial charge in [-0.3, -0.25) is 10.3 Å². The second-order valence-corrected chi connectivity index (χ2v) is 7.13. The molecule has 7 nitrogen and oxygen atoms in total. The van der Waals surface area contributed by atoms with Gasteiger partial charge in [0.2, 0.25) is 0 Å². The summed E-state index contributed by atoms with van der Waals surface area (Å²) in [6.45, 7) is 2.32. The number of nitrogens with zero attached hydrogens (tertiary/aromatic N) is 1. The molecule has 1 heterocycles. The zero-order valence-corrected chi connectivity index (χ0v) is 18.3.